The molecule has 1 aliphatic rings. The summed E-state index contributed by atoms with van der Waals surface area (Å²) in [7, 11) is 0. The van der Waals surface area contributed by atoms with Crippen LogP contribution in [0.1, 0.15) is 50.4 Å². The molecule has 1 aromatic heterocycles. The number of likely N-dealkylation sites (tertiary alicyclic amines) is 1. The fourth-order valence-electron chi connectivity index (χ4n) is 3.19. The van der Waals surface area contributed by atoms with Crippen LogP contribution in [0.2, 0.25) is 0 Å². The molecule has 2 rings (SSSR count). The van der Waals surface area contributed by atoms with E-state index in [2.05, 4.69) is 30.6 Å². The van der Waals surface area contributed by atoms with Crippen molar-refractivity contribution in [2.24, 2.45) is 11.8 Å². The van der Waals surface area contributed by atoms with Crippen molar-refractivity contribution in [3.8, 4) is 0 Å². The van der Waals surface area contributed by atoms with Crippen LogP contribution in [-0.2, 0) is 0 Å². The molecule has 0 spiro atoms. The minimum absolute atomic E-state index is 0.0432. The summed E-state index contributed by atoms with van der Waals surface area (Å²) >= 11 is 1.72. The maximum atomic E-state index is 12.6. The van der Waals surface area contributed by atoms with Crippen molar-refractivity contribution in [2.45, 2.75) is 45.6 Å². The molecule has 2 N–H and O–H groups in total. The van der Waals surface area contributed by atoms with Gasteiger partial charge in [-0.15, -0.1) is 11.3 Å². The Labute approximate surface area is 137 Å². The lowest BCUT2D eigenvalue weighted by molar-refractivity contribution is 0.133. The fraction of sp³-hybridized carbons (Fsp3) is 0.706. The zero-order valence-electron chi connectivity index (χ0n) is 13.6. The van der Waals surface area contributed by atoms with E-state index >= 15 is 0 Å². The van der Waals surface area contributed by atoms with Gasteiger partial charge in [0.1, 0.15) is 0 Å². The van der Waals surface area contributed by atoms with Gasteiger partial charge in [-0.2, -0.15) is 0 Å². The SMILES string of the molecule is CCC(CC)C(NC(=O)N1CCC(CO)CC1)c1cccs1. The van der Waals surface area contributed by atoms with Crippen LogP contribution in [0.25, 0.3) is 0 Å². The first kappa shape index (κ1) is 17.3. The molecule has 0 aromatic carbocycles. The predicted octanol–water partition coefficient (Wildman–Crippen LogP) is 3.64. The molecule has 2 amide bonds. The van der Waals surface area contributed by atoms with Crippen molar-refractivity contribution in [3.05, 3.63) is 22.4 Å². The number of amides is 2. The van der Waals surface area contributed by atoms with Crippen LogP contribution in [0.5, 0.6) is 0 Å². The van der Waals surface area contributed by atoms with Crippen molar-refractivity contribution < 1.29 is 9.90 Å². The third-order valence-corrected chi connectivity index (χ3v) is 5.76. The average molecular weight is 324 g/mol. The highest BCUT2D eigenvalue weighted by Crippen LogP contribution is 2.30. The Kier molecular flexibility index (Phi) is 6.70. The molecule has 124 valence electrons. The quantitative estimate of drug-likeness (QED) is 0.839. The third-order valence-electron chi connectivity index (χ3n) is 4.81. The summed E-state index contributed by atoms with van der Waals surface area (Å²) in [5.74, 6) is 0.828. The van der Waals surface area contributed by atoms with Gasteiger partial charge in [0, 0.05) is 24.6 Å². The monoisotopic (exact) mass is 324 g/mol. The number of carbonyl (C=O) groups excluding carboxylic acids is 1. The van der Waals surface area contributed by atoms with E-state index in [1.165, 1.54) is 4.88 Å². The first-order valence-electron chi connectivity index (χ1n) is 8.39. The Morgan fingerprint density at radius 1 is 1.41 bits per heavy atom. The second-order valence-electron chi connectivity index (χ2n) is 6.13. The molecule has 4 nitrogen and oxygen atoms in total. The molecule has 1 atom stereocenters. The second-order valence-corrected chi connectivity index (χ2v) is 7.11. The topological polar surface area (TPSA) is 52.6 Å². The predicted molar refractivity (Wildman–Crippen MR) is 91.0 cm³/mol. The van der Waals surface area contributed by atoms with E-state index < -0.39 is 0 Å². The Morgan fingerprint density at radius 2 is 2.09 bits per heavy atom. The van der Waals surface area contributed by atoms with Gasteiger partial charge in [-0.1, -0.05) is 32.8 Å². The highest BCUT2D eigenvalue weighted by atomic mass is 32.1. The van der Waals surface area contributed by atoms with E-state index in [9.17, 15) is 9.90 Å². The van der Waals surface area contributed by atoms with E-state index in [0.29, 0.717) is 11.8 Å². The average Bonchev–Trinajstić information content (AvgIpc) is 3.09. The highest BCUT2D eigenvalue weighted by Gasteiger charge is 2.27. The largest absolute Gasteiger partial charge is 0.396 e. The van der Waals surface area contributed by atoms with Crippen molar-refractivity contribution in [1.29, 1.82) is 0 Å². The molecule has 2 heterocycles. The summed E-state index contributed by atoms with van der Waals surface area (Å²) in [6.45, 7) is 6.11. The minimum atomic E-state index is 0.0432. The van der Waals surface area contributed by atoms with Gasteiger partial charge in [-0.25, -0.2) is 4.79 Å². The Hall–Kier alpha value is -1.07. The molecule has 5 heteroatoms. The van der Waals surface area contributed by atoms with Gasteiger partial charge < -0.3 is 15.3 Å². The molecule has 1 fully saturated rings. The zero-order chi connectivity index (χ0) is 15.9. The summed E-state index contributed by atoms with van der Waals surface area (Å²) in [6, 6.07) is 4.32. The van der Waals surface area contributed by atoms with Crippen molar-refractivity contribution in [2.75, 3.05) is 19.7 Å². The van der Waals surface area contributed by atoms with Crippen LogP contribution in [0.15, 0.2) is 17.5 Å². The molecule has 0 bridgehead atoms. The van der Waals surface area contributed by atoms with Crippen LogP contribution in [0.3, 0.4) is 0 Å². The first-order valence-corrected chi connectivity index (χ1v) is 9.27. The number of piperidine rings is 1. The maximum Gasteiger partial charge on any atom is 0.317 e. The van der Waals surface area contributed by atoms with Crippen LogP contribution < -0.4 is 5.32 Å². The standard InChI is InChI=1S/C17H28N2O2S/c1-3-14(4-2)16(15-6-5-11-22-15)18-17(21)19-9-7-13(12-20)8-10-19/h5-6,11,13-14,16,20H,3-4,7-10,12H2,1-2H3,(H,18,21). The molecule has 1 aromatic rings. The van der Waals surface area contributed by atoms with E-state index in [-0.39, 0.29) is 18.7 Å². The summed E-state index contributed by atoms with van der Waals surface area (Å²) < 4.78 is 0. The minimum Gasteiger partial charge on any atom is -0.396 e. The maximum absolute atomic E-state index is 12.6. The molecular weight excluding hydrogens is 296 g/mol. The second kappa shape index (κ2) is 8.53. The lowest BCUT2D eigenvalue weighted by atomic mass is 9.93. The summed E-state index contributed by atoms with van der Waals surface area (Å²) in [5, 5.41) is 14.5. The van der Waals surface area contributed by atoms with Gasteiger partial charge in [0.25, 0.3) is 0 Å². The lowest BCUT2D eigenvalue weighted by Gasteiger charge is -2.34. The van der Waals surface area contributed by atoms with Crippen molar-refractivity contribution in [1.82, 2.24) is 10.2 Å². The van der Waals surface area contributed by atoms with Crippen molar-refractivity contribution >= 4 is 17.4 Å². The van der Waals surface area contributed by atoms with Crippen LogP contribution in [0, 0.1) is 11.8 Å². The molecule has 0 radical (unpaired) electrons. The smallest absolute Gasteiger partial charge is 0.317 e. The van der Waals surface area contributed by atoms with E-state index in [0.717, 1.165) is 38.8 Å². The molecule has 22 heavy (non-hydrogen) atoms. The Morgan fingerprint density at radius 3 is 2.59 bits per heavy atom. The zero-order valence-corrected chi connectivity index (χ0v) is 14.4. The number of carbonyl (C=O) groups is 1. The number of urea groups is 1. The molecular formula is C17H28N2O2S. The van der Waals surface area contributed by atoms with Gasteiger partial charge in [0.2, 0.25) is 0 Å². The number of aliphatic hydroxyl groups excluding tert-OH is 1. The number of hydrogen-bond donors (Lipinski definition) is 2. The van der Waals surface area contributed by atoms with Gasteiger partial charge >= 0.3 is 6.03 Å². The lowest BCUT2D eigenvalue weighted by Crippen LogP contribution is -2.47. The number of nitrogens with one attached hydrogen (secondary N) is 1. The number of rotatable bonds is 6. The summed E-state index contributed by atoms with van der Waals surface area (Å²) in [5.41, 5.74) is 0. The van der Waals surface area contributed by atoms with E-state index in [4.69, 9.17) is 0 Å². The number of hydrogen-bond acceptors (Lipinski definition) is 3. The van der Waals surface area contributed by atoms with Crippen molar-refractivity contribution in [3.63, 3.8) is 0 Å². The van der Waals surface area contributed by atoms with Gasteiger partial charge in [-0.3, -0.25) is 0 Å². The van der Waals surface area contributed by atoms with E-state index in [1.54, 1.807) is 11.3 Å². The molecule has 1 unspecified atom stereocenters. The fourth-order valence-corrected chi connectivity index (χ4v) is 4.06. The normalized spacial score (nSPS) is 17.7. The Balaban J connectivity index is 1.99. The Bertz CT molecular complexity index is 438. The number of nitrogens with zero attached hydrogens (tertiary/aromatic N) is 1. The third kappa shape index (κ3) is 4.23. The van der Waals surface area contributed by atoms with Crippen LogP contribution in [-0.4, -0.2) is 35.7 Å². The van der Waals surface area contributed by atoms with Gasteiger partial charge in [-0.05, 0) is 36.1 Å². The van der Waals surface area contributed by atoms with E-state index in [1.807, 2.05) is 11.0 Å². The van der Waals surface area contributed by atoms with Crippen LogP contribution >= 0.6 is 11.3 Å². The molecule has 0 aliphatic carbocycles. The summed E-state index contributed by atoms with van der Waals surface area (Å²) in [4.78, 5) is 15.7. The highest BCUT2D eigenvalue weighted by molar-refractivity contribution is 7.10. The van der Waals surface area contributed by atoms with Crippen LogP contribution in [0.4, 0.5) is 4.79 Å². The first-order chi connectivity index (χ1) is 10.7. The summed E-state index contributed by atoms with van der Waals surface area (Å²) in [6.07, 6.45) is 3.93. The molecule has 1 saturated heterocycles. The van der Waals surface area contributed by atoms with Gasteiger partial charge in [0.05, 0.1) is 6.04 Å². The molecule has 1 aliphatic heterocycles. The molecule has 0 saturated carbocycles. The number of aliphatic hydroxyl groups is 1. The van der Waals surface area contributed by atoms with Gasteiger partial charge in [0.15, 0.2) is 0 Å². The number of thiophene rings is 1.